The summed E-state index contributed by atoms with van der Waals surface area (Å²) in [6, 6.07) is 10.9. The summed E-state index contributed by atoms with van der Waals surface area (Å²) >= 11 is 0. The standard InChI is InChI=1S/C21H24N3O4/c1-4-14(28-18(25)5-2)12-22-21-15-8-6-7-9-16(15)23-20-13(3)10-11-17(19(20)21)24(26)27/h6-11,14,22-23H,4-5,12H2,1-3H3/q-1. The number of carbonyl (C=O) groups is 1. The number of aromatic nitrogens is 1. The Kier molecular flexibility index (Phi) is 5.73. The number of nitrogens with one attached hydrogen (secondary N) is 2. The Morgan fingerprint density at radius 2 is 1.96 bits per heavy atom. The van der Waals surface area contributed by atoms with Crippen molar-refractivity contribution in [2.24, 2.45) is 0 Å². The fourth-order valence-electron chi connectivity index (χ4n) is 3.28. The summed E-state index contributed by atoms with van der Waals surface area (Å²) in [7, 11) is 0. The van der Waals surface area contributed by atoms with E-state index >= 15 is 0 Å². The Balaban J connectivity index is 2.17. The highest BCUT2D eigenvalue weighted by atomic mass is 16.8. The van der Waals surface area contributed by atoms with E-state index < -0.39 is 0 Å². The van der Waals surface area contributed by atoms with Gasteiger partial charge in [-0.1, -0.05) is 38.1 Å². The van der Waals surface area contributed by atoms with Crippen LogP contribution in [0.1, 0.15) is 32.3 Å². The molecule has 1 unspecified atom stereocenters. The molecule has 148 valence electrons. The summed E-state index contributed by atoms with van der Waals surface area (Å²) in [6.07, 6.45) is 0.650. The maximum atomic E-state index is 11.7. The van der Waals surface area contributed by atoms with Gasteiger partial charge in [-0.25, -0.2) is 0 Å². The van der Waals surface area contributed by atoms with Crippen LogP contribution in [0.5, 0.6) is 0 Å². The summed E-state index contributed by atoms with van der Waals surface area (Å²) in [6.45, 7) is 5.98. The van der Waals surface area contributed by atoms with Crippen LogP contribution in [0.3, 0.4) is 0 Å². The average Bonchev–Trinajstić information content (AvgIpc) is 2.70. The number of aromatic amines is 1. The molecule has 2 N–H and O–H groups in total. The maximum absolute atomic E-state index is 11.7. The topological polar surface area (TPSA) is 103 Å². The van der Waals surface area contributed by atoms with Gasteiger partial charge in [-0.05, 0) is 25.0 Å². The lowest BCUT2D eigenvalue weighted by Gasteiger charge is -2.22. The highest BCUT2D eigenvalue weighted by Gasteiger charge is 2.21. The van der Waals surface area contributed by atoms with E-state index in [0.717, 1.165) is 16.5 Å². The van der Waals surface area contributed by atoms with Gasteiger partial charge in [0.15, 0.2) is 0 Å². The molecule has 1 aliphatic carbocycles. The zero-order valence-electron chi connectivity index (χ0n) is 16.2. The van der Waals surface area contributed by atoms with Gasteiger partial charge in [-0.15, -0.1) is 0 Å². The molecule has 0 saturated carbocycles. The molecule has 0 amide bonds. The summed E-state index contributed by atoms with van der Waals surface area (Å²) in [5, 5.41) is 27.6. The van der Waals surface area contributed by atoms with Crippen LogP contribution in [0.15, 0.2) is 36.4 Å². The molecule has 28 heavy (non-hydrogen) atoms. The second-order valence-corrected chi connectivity index (χ2v) is 6.71. The monoisotopic (exact) mass is 382 g/mol. The van der Waals surface area contributed by atoms with Crippen molar-refractivity contribution in [3.63, 3.8) is 0 Å². The van der Waals surface area contributed by atoms with Crippen molar-refractivity contribution in [1.82, 2.24) is 9.89 Å². The largest absolute Gasteiger partial charge is 0.612 e. The van der Waals surface area contributed by atoms with Crippen LogP contribution in [0.25, 0.3) is 22.2 Å². The van der Waals surface area contributed by atoms with Crippen molar-refractivity contribution >= 4 is 22.6 Å². The molecule has 0 aromatic heterocycles. The Morgan fingerprint density at radius 1 is 1.21 bits per heavy atom. The molecule has 3 rings (SSSR count). The van der Waals surface area contributed by atoms with E-state index in [9.17, 15) is 15.2 Å². The Hall–Kier alpha value is -3.22. The first-order valence-electron chi connectivity index (χ1n) is 9.41. The number of esters is 1. The number of rotatable bonds is 6. The lowest BCUT2D eigenvalue weighted by molar-refractivity contribution is -0.148. The van der Waals surface area contributed by atoms with E-state index in [4.69, 9.17) is 4.74 Å². The number of anilines is 1. The number of benzene rings is 2. The molecule has 0 radical (unpaired) electrons. The summed E-state index contributed by atoms with van der Waals surface area (Å²) < 4.78 is 5.45. The van der Waals surface area contributed by atoms with Crippen LogP contribution in [-0.2, 0) is 9.53 Å². The van der Waals surface area contributed by atoms with Gasteiger partial charge in [0, 0.05) is 23.4 Å². The van der Waals surface area contributed by atoms with E-state index in [2.05, 4.69) is 10.3 Å². The number of hydrogen-bond donors (Lipinski definition) is 2. The predicted octanol–water partition coefficient (Wildman–Crippen LogP) is 3.49. The quantitative estimate of drug-likeness (QED) is 0.386. The number of nitrogens with zero attached hydrogens (tertiary/aromatic N) is 1. The lowest BCUT2D eigenvalue weighted by Crippen LogP contribution is -2.28. The SMILES string of the molecule is CCC(=O)OC(CC)CNc1c2c(=[N+]([O-])[O-])ccc(C)c-2[nH]c2ccccc12. The van der Waals surface area contributed by atoms with Crippen molar-refractivity contribution in [1.29, 1.82) is 0 Å². The normalized spacial score (nSPS) is 12.1. The highest BCUT2D eigenvalue weighted by molar-refractivity contribution is 6.01. The first-order valence-corrected chi connectivity index (χ1v) is 9.41. The van der Waals surface area contributed by atoms with Crippen molar-refractivity contribution in [3.8, 4) is 11.3 Å². The van der Waals surface area contributed by atoms with Crippen molar-refractivity contribution in [2.45, 2.75) is 39.7 Å². The third-order valence-corrected chi connectivity index (χ3v) is 4.84. The van der Waals surface area contributed by atoms with E-state index in [0.29, 0.717) is 36.3 Å². The molecule has 1 atom stereocenters. The van der Waals surface area contributed by atoms with E-state index in [1.165, 1.54) is 6.07 Å². The van der Waals surface area contributed by atoms with Gasteiger partial charge < -0.3 is 25.5 Å². The molecule has 7 heteroatoms. The summed E-state index contributed by atoms with van der Waals surface area (Å²) in [5.74, 6) is -0.258. The first kappa shape index (κ1) is 19.5. The average molecular weight is 382 g/mol. The molecule has 1 aromatic rings. The number of hydrogen-bond acceptors (Lipinski definition) is 5. The molecule has 0 spiro atoms. The maximum Gasteiger partial charge on any atom is 0.305 e. The minimum Gasteiger partial charge on any atom is -0.612 e. The Morgan fingerprint density at radius 3 is 2.64 bits per heavy atom. The molecule has 0 saturated heterocycles. The van der Waals surface area contributed by atoms with Crippen molar-refractivity contribution in [2.75, 3.05) is 11.9 Å². The molecule has 0 bridgehead atoms. The van der Waals surface area contributed by atoms with Gasteiger partial charge in [0.25, 0.3) is 0 Å². The van der Waals surface area contributed by atoms with Crippen LogP contribution in [0, 0.1) is 17.3 Å². The number of aryl methyl sites for hydroxylation is 1. The van der Waals surface area contributed by atoms with Gasteiger partial charge in [-0.2, -0.15) is 4.90 Å². The Bertz CT molecular complexity index is 1040. The smallest absolute Gasteiger partial charge is 0.305 e. The molecule has 2 aliphatic rings. The minimum atomic E-state index is -0.371. The molecule has 0 fully saturated rings. The van der Waals surface area contributed by atoms with Crippen LogP contribution >= 0.6 is 0 Å². The number of fused-ring (bicyclic) bond motifs is 2. The third kappa shape index (κ3) is 3.74. The fourth-order valence-corrected chi connectivity index (χ4v) is 3.28. The minimum absolute atomic E-state index is 0.0312. The van der Waals surface area contributed by atoms with Crippen molar-refractivity contribution < 1.29 is 9.53 Å². The van der Waals surface area contributed by atoms with E-state index in [-0.39, 0.29) is 22.3 Å². The Labute approximate surface area is 163 Å². The number of carbonyl (C=O) groups excluding carboxylic acids is 1. The van der Waals surface area contributed by atoms with E-state index in [1.807, 2.05) is 38.1 Å². The molecular weight excluding hydrogens is 358 g/mol. The third-order valence-electron chi connectivity index (χ3n) is 4.84. The van der Waals surface area contributed by atoms with Gasteiger partial charge in [-0.3, -0.25) is 4.79 Å². The molecule has 7 nitrogen and oxygen atoms in total. The zero-order valence-corrected chi connectivity index (χ0v) is 16.2. The number of pyridine rings is 1. The van der Waals surface area contributed by atoms with Crippen LogP contribution in [0.2, 0.25) is 0 Å². The van der Waals surface area contributed by atoms with Gasteiger partial charge in [0.05, 0.1) is 23.5 Å². The van der Waals surface area contributed by atoms with Crippen LogP contribution in [-0.4, -0.2) is 23.6 Å². The number of para-hydroxylation sites is 1. The van der Waals surface area contributed by atoms with E-state index in [1.54, 1.807) is 13.0 Å². The zero-order chi connectivity index (χ0) is 20.3. The van der Waals surface area contributed by atoms with Crippen molar-refractivity contribution in [3.05, 3.63) is 57.7 Å². The molecule has 1 aromatic carbocycles. The molecule has 1 heterocycles. The predicted molar refractivity (Wildman–Crippen MR) is 111 cm³/mol. The van der Waals surface area contributed by atoms with Gasteiger partial charge in [0.1, 0.15) is 6.10 Å². The number of ether oxygens (including phenoxy) is 1. The van der Waals surface area contributed by atoms with Gasteiger partial charge in [0.2, 0.25) is 5.36 Å². The number of H-pyrrole nitrogens is 1. The molecule has 1 aliphatic heterocycles. The fraction of sp³-hybridized carbons (Fsp3) is 0.333. The second kappa shape index (κ2) is 8.21. The van der Waals surface area contributed by atoms with Gasteiger partial charge >= 0.3 is 5.97 Å². The first-order chi connectivity index (χ1) is 13.5. The lowest BCUT2D eigenvalue weighted by atomic mass is 9.98. The highest BCUT2D eigenvalue weighted by Crippen LogP contribution is 2.34. The summed E-state index contributed by atoms with van der Waals surface area (Å²) in [5.41, 5.74) is 3.71. The van der Waals surface area contributed by atoms with Crippen LogP contribution < -0.4 is 15.6 Å². The second-order valence-electron chi connectivity index (χ2n) is 6.71. The van der Waals surface area contributed by atoms with Crippen LogP contribution in [0.4, 0.5) is 5.69 Å². The summed E-state index contributed by atoms with van der Waals surface area (Å²) in [4.78, 5) is 14.6. The molecular formula is C21H24N3O4-.